The van der Waals surface area contributed by atoms with Gasteiger partial charge in [-0.05, 0) is 32.3 Å². The number of benzene rings is 1. The van der Waals surface area contributed by atoms with Crippen LogP contribution in [0.15, 0.2) is 30.3 Å². The molecule has 2 rings (SSSR count). The topological polar surface area (TPSA) is 15.3 Å². The van der Waals surface area contributed by atoms with Gasteiger partial charge in [0.1, 0.15) is 0 Å². The van der Waals surface area contributed by atoms with Gasteiger partial charge in [0.05, 0.1) is 0 Å². The molecule has 2 nitrogen and oxygen atoms in total. The lowest BCUT2D eigenvalue weighted by atomic mass is 9.89. The molecule has 3 unspecified atom stereocenters. The summed E-state index contributed by atoms with van der Waals surface area (Å²) in [5, 5.41) is 3.79. The summed E-state index contributed by atoms with van der Waals surface area (Å²) >= 11 is 0. The van der Waals surface area contributed by atoms with Crippen molar-refractivity contribution in [2.75, 3.05) is 13.1 Å². The fraction of sp³-hybridized carbons (Fsp3) is 0.684. The average molecular weight is 288 g/mol. The Labute approximate surface area is 130 Å². The first kappa shape index (κ1) is 16.5. The van der Waals surface area contributed by atoms with Gasteiger partial charge in [0, 0.05) is 30.7 Å². The van der Waals surface area contributed by atoms with Crippen molar-refractivity contribution in [3.63, 3.8) is 0 Å². The van der Waals surface area contributed by atoms with Crippen LogP contribution in [-0.4, -0.2) is 29.6 Å². The Morgan fingerprint density at radius 3 is 2.62 bits per heavy atom. The summed E-state index contributed by atoms with van der Waals surface area (Å²) in [6, 6.07) is 12.2. The molecule has 1 fully saturated rings. The fourth-order valence-electron chi connectivity index (χ4n) is 3.38. The van der Waals surface area contributed by atoms with Crippen molar-refractivity contribution in [3.05, 3.63) is 35.9 Å². The molecule has 1 aromatic rings. The van der Waals surface area contributed by atoms with E-state index < -0.39 is 0 Å². The van der Waals surface area contributed by atoms with Gasteiger partial charge in [-0.2, -0.15) is 0 Å². The van der Waals surface area contributed by atoms with Crippen LogP contribution in [0.25, 0.3) is 0 Å². The van der Waals surface area contributed by atoms with Crippen LogP contribution in [0, 0.1) is 0 Å². The molecule has 0 aliphatic carbocycles. The van der Waals surface area contributed by atoms with Crippen molar-refractivity contribution >= 4 is 0 Å². The zero-order valence-corrected chi connectivity index (χ0v) is 14.2. The highest BCUT2D eigenvalue weighted by molar-refractivity contribution is 5.21. The number of rotatable bonds is 6. The lowest BCUT2D eigenvalue weighted by Crippen LogP contribution is -2.61. The molecule has 0 bridgehead atoms. The van der Waals surface area contributed by atoms with Crippen molar-refractivity contribution in [1.29, 1.82) is 0 Å². The first-order chi connectivity index (χ1) is 10.1. The SMILES string of the molecule is CCCCC(C)N1CC(C)(CC)NCC1c1ccccc1. The van der Waals surface area contributed by atoms with Gasteiger partial charge in [0.25, 0.3) is 0 Å². The van der Waals surface area contributed by atoms with Crippen LogP contribution < -0.4 is 5.32 Å². The molecule has 118 valence electrons. The molecule has 0 saturated carbocycles. The third-order valence-corrected chi connectivity index (χ3v) is 5.16. The largest absolute Gasteiger partial charge is 0.308 e. The standard InChI is InChI=1S/C19H32N2/c1-5-7-11-16(3)21-15-19(4,6-2)20-14-18(21)17-12-9-8-10-13-17/h8-10,12-13,16,18,20H,5-7,11,14-15H2,1-4H3. The zero-order chi connectivity index (χ0) is 15.3. The molecular formula is C19H32N2. The smallest absolute Gasteiger partial charge is 0.0476 e. The highest BCUT2D eigenvalue weighted by Gasteiger charge is 2.37. The molecule has 1 aliphatic heterocycles. The van der Waals surface area contributed by atoms with E-state index in [0.717, 1.165) is 13.1 Å². The third kappa shape index (κ3) is 4.08. The lowest BCUT2D eigenvalue weighted by Gasteiger charge is -2.49. The van der Waals surface area contributed by atoms with Gasteiger partial charge >= 0.3 is 0 Å². The molecule has 3 atom stereocenters. The Morgan fingerprint density at radius 2 is 2.00 bits per heavy atom. The molecule has 1 aromatic carbocycles. The van der Waals surface area contributed by atoms with Crippen LogP contribution >= 0.6 is 0 Å². The number of unbranched alkanes of at least 4 members (excludes halogenated alkanes) is 1. The van der Waals surface area contributed by atoms with Crippen LogP contribution in [0.2, 0.25) is 0 Å². The summed E-state index contributed by atoms with van der Waals surface area (Å²) in [6.45, 7) is 11.6. The molecule has 1 saturated heterocycles. The fourth-order valence-corrected chi connectivity index (χ4v) is 3.38. The summed E-state index contributed by atoms with van der Waals surface area (Å²) in [6.07, 6.45) is 5.11. The van der Waals surface area contributed by atoms with Crippen LogP contribution in [0.4, 0.5) is 0 Å². The summed E-state index contributed by atoms with van der Waals surface area (Å²) < 4.78 is 0. The minimum atomic E-state index is 0.256. The molecule has 0 aromatic heterocycles. The maximum atomic E-state index is 3.79. The Bertz CT molecular complexity index is 417. The minimum absolute atomic E-state index is 0.256. The van der Waals surface area contributed by atoms with Crippen LogP contribution in [0.5, 0.6) is 0 Å². The predicted octanol–water partition coefficient (Wildman–Crippen LogP) is 4.38. The maximum Gasteiger partial charge on any atom is 0.0476 e. The summed E-state index contributed by atoms with van der Waals surface area (Å²) in [7, 11) is 0. The second kappa shape index (κ2) is 7.42. The summed E-state index contributed by atoms with van der Waals surface area (Å²) in [5.41, 5.74) is 1.71. The minimum Gasteiger partial charge on any atom is -0.308 e. The lowest BCUT2D eigenvalue weighted by molar-refractivity contribution is 0.0471. The highest BCUT2D eigenvalue weighted by atomic mass is 15.3. The van der Waals surface area contributed by atoms with Crippen molar-refractivity contribution < 1.29 is 0 Å². The van der Waals surface area contributed by atoms with Gasteiger partial charge < -0.3 is 5.32 Å². The molecule has 0 spiro atoms. The molecule has 0 radical (unpaired) electrons. The molecule has 1 aliphatic rings. The molecule has 0 amide bonds. The molecule has 21 heavy (non-hydrogen) atoms. The quantitative estimate of drug-likeness (QED) is 0.835. The van der Waals surface area contributed by atoms with Gasteiger partial charge in [-0.25, -0.2) is 0 Å². The molecule has 2 heteroatoms. The van der Waals surface area contributed by atoms with Gasteiger partial charge in [-0.3, -0.25) is 4.90 Å². The van der Waals surface area contributed by atoms with E-state index in [1.807, 2.05) is 0 Å². The Hall–Kier alpha value is -0.860. The van der Waals surface area contributed by atoms with E-state index in [1.165, 1.54) is 31.2 Å². The zero-order valence-electron chi connectivity index (χ0n) is 14.2. The van der Waals surface area contributed by atoms with Crippen molar-refractivity contribution in [2.45, 2.75) is 71.0 Å². The second-order valence-corrected chi connectivity index (χ2v) is 6.89. The summed E-state index contributed by atoms with van der Waals surface area (Å²) in [5.74, 6) is 0. The van der Waals surface area contributed by atoms with Gasteiger partial charge in [-0.1, -0.05) is 57.0 Å². The van der Waals surface area contributed by atoms with Crippen molar-refractivity contribution in [2.24, 2.45) is 0 Å². The van der Waals surface area contributed by atoms with Crippen molar-refractivity contribution in [1.82, 2.24) is 10.2 Å². The van der Waals surface area contributed by atoms with E-state index >= 15 is 0 Å². The second-order valence-electron chi connectivity index (χ2n) is 6.89. The van der Waals surface area contributed by atoms with E-state index in [2.05, 4.69) is 68.2 Å². The average Bonchev–Trinajstić information content (AvgIpc) is 2.53. The Balaban J connectivity index is 2.18. The molecule has 1 N–H and O–H groups in total. The van der Waals surface area contributed by atoms with Crippen LogP contribution in [0.3, 0.4) is 0 Å². The Morgan fingerprint density at radius 1 is 1.29 bits per heavy atom. The van der Waals surface area contributed by atoms with Gasteiger partial charge in [-0.15, -0.1) is 0 Å². The number of hydrogen-bond donors (Lipinski definition) is 1. The van der Waals surface area contributed by atoms with Gasteiger partial charge in [0.2, 0.25) is 0 Å². The van der Waals surface area contributed by atoms with E-state index in [4.69, 9.17) is 0 Å². The van der Waals surface area contributed by atoms with E-state index in [0.29, 0.717) is 12.1 Å². The van der Waals surface area contributed by atoms with Crippen LogP contribution in [-0.2, 0) is 0 Å². The molecule has 1 heterocycles. The normalized spacial score (nSPS) is 28.5. The van der Waals surface area contributed by atoms with Crippen molar-refractivity contribution in [3.8, 4) is 0 Å². The van der Waals surface area contributed by atoms with E-state index in [9.17, 15) is 0 Å². The van der Waals surface area contributed by atoms with E-state index in [1.54, 1.807) is 0 Å². The summed E-state index contributed by atoms with van der Waals surface area (Å²) in [4.78, 5) is 2.74. The first-order valence-electron chi connectivity index (χ1n) is 8.65. The maximum absolute atomic E-state index is 3.79. The predicted molar refractivity (Wildman–Crippen MR) is 91.6 cm³/mol. The van der Waals surface area contributed by atoms with E-state index in [-0.39, 0.29) is 5.54 Å². The number of hydrogen-bond acceptors (Lipinski definition) is 2. The van der Waals surface area contributed by atoms with Crippen LogP contribution in [0.1, 0.15) is 65.0 Å². The monoisotopic (exact) mass is 288 g/mol. The third-order valence-electron chi connectivity index (χ3n) is 5.16. The Kier molecular flexibility index (Phi) is 5.83. The number of nitrogens with one attached hydrogen (secondary N) is 1. The number of piperazine rings is 1. The first-order valence-corrected chi connectivity index (χ1v) is 8.65. The number of nitrogens with zero attached hydrogens (tertiary/aromatic N) is 1. The highest BCUT2D eigenvalue weighted by Crippen LogP contribution is 2.31. The molecular weight excluding hydrogens is 256 g/mol. The van der Waals surface area contributed by atoms with Gasteiger partial charge in [0.15, 0.2) is 0 Å².